The Kier molecular flexibility index (Phi) is 3.71. The number of rotatable bonds is 3. The predicted molar refractivity (Wildman–Crippen MR) is 78.4 cm³/mol. The third-order valence-electron chi connectivity index (χ3n) is 4.49. The molecule has 0 radical (unpaired) electrons. The summed E-state index contributed by atoms with van der Waals surface area (Å²) in [5, 5.41) is 0. The molecule has 0 spiro atoms. The number of nitrogens with two attached hydrogens (primary N) is 1. The second-order valence-corrected chi connectivity index (χ2v) is 5.82. The number of pyridine rings is 1. The van der Waals surface area contributed by atoms with Gasteiger partial charge in [-0.1, -0.05) is 6.07 Å². The molecule has 4 nitrogen and oxygen atoms in total. The fourth-order valence-electron chi connectivity index (χ4n) is 3.52. The maximum atomic E-state index is 5.72. The van der Waals surface area contributed by atoms with Crippen molar-refractivity contribution in [3.63, 3.8) is 0 Å². The topological polar surface area (TPSA) is 45.4 Å². The van der Waals surface area contributed by atoms with Crippen LogP contribution in [0.5, 0.6) is 0 Å². The molecule has 2 aliphatic heterocycles. The lowest BCUT2D eigenvalue weighted by Gasteiger charge is -2.43. The normalized spacial score (nSPS) is 27.6. The number of hydrogen-bond donors (Lipinski definition) is 1. The molecule has 4 heteroatoms. The molecule has 2 atom stereocenters. The van der Waals surface area contributed by atoms with Gasteiger partial charge in [0.25, 0.3) is 0 Å². The van der Waals surface area contributed by atoms with Crippen molar-refractivity contribution in [2.45, 2.75) is 38.3 Å². The van der Waals surface area contributed by atoms with E-state index in [0.29, 0.717) is 12.6 Å². The van der Waals surface area contributed by atoms with Crippen molar-refractivity contribution in [1.29, 1.82) is 0 Å². The van der Waals surface area contributed by atoms with E-state index in [9.17, 15) is 0 Å². The quantitative estimate of drug-likeness (QED) is 0.888. The monoisotopic (exact) mass is 260 g/mol. The average molecular weight is 260 g/mol. The van der Waals surface area contributed by atoms with Crippen molar-refractivity contribution in [2.75, 3.05) is 31.1 Å². The van der Waals surface area contributed by atoms with Gasteiger partial charge >= 0.3 is 0 Å². The Balaban J connectivity index is 1.84. The first-order valence-electron chi connectivity index (χ1n) is 7.44. The summed E-state index contributed by atoms with van der Waals surface area (Å²) in [6, 6.07) is 5.46. The van der Waals surface area contributed by atoms with E-state index in [4.69, 9.17) is 5.73 Å². The number of aromatic nitrogens is 1. The number of fused-ring (bicyclic) bond motifs is 1. The highest BCUT2D eigenvalue weighted by Crippen LogP contribution is 2.29. The molecule has 19 heavy (non-hydrogen) atoms. The zero-order valence-corrected chi connectivity index (χ0v) is 11.8. The molecule has 3 heterocycles. The van der Waals surface area contributed by atoms with Crippen LogP contribution in [0.1, 0.15) is 25.3 Å². The molecule has 1 aromatic rings. The lowest BCUT2D eigenvalue weighted by Crippen LogP contribution is -2.55. The van der Waals surface area contributed by atoms with Gasteiger partial charge in [-0.2, -0.15) is 0 Å². The van der Waals surface area contributed by atoms with Gasteiger partial charge in [-0.25, -0.2) is 4.98 Å². The predicted octanol–water partition coefficient (Wildman–Crippen LogP) is 1.26. The lowest BCUT2D eigenvalue weighted by molar-refractivity contribution is 0.202. The van der Waals surface area contributed by atoms with Gasteiger partial charge < -0.3 is 10.6 Å². The fourth-order valence-corrected chi connectivity index (χ4v) is 3.52. The minimum atomic E-state index is 0.542. The molecule has 2 N–H and O–H groups in total. The number of anilines is 1. The van der Waals surface area contributed by atoms with Crippen LogP contribution in [-0.2, 0) is 6.42 Å². The maximum absolute atomic E-state index is 5.72. The molecule has 2 fully saturated rings. The first-order valence-corrected chi connectivity index (χ1v) is 7.44. The Hall–Kier alpha value is -1.13. The van der Waals surface area contributed by atoms with Crippen LogP contribution in [0.15, 0.2) is 18.3 Å². The minimum absolute atomic E-state index is 0.542. The second-order valence-electron chi connectivity index (χ2n) is 5.82. The van der Waals surface area contributed by atoms with E-state index in [1.807, 2.05) is 12.3 Å². The van der Waals surface area contributed by atoms with Gasteiger partial charge in [-0.05, 0) is 50.9 Å². The Morgan fingerprint density at radius 2 is 2.32 bits per heavy atom. The van der Waals surface area contributed by atoms with E-state index in [1.54, 1.807) is 0 Å². The molecular formula is C15H24N4. The van der Waals surface area contributed by atoms with Crippen molar-refractivity contribution in [3.05, 3.63) is 23.9 Å². The molecule has 0 saturated carbocycles. The van der Waals surface area contributed by atoms with Crippen molar-refractivity contribution in [3.8, 4) is 0 Å². The summed E-state index contributed by atoms with van der Waals surface area (Å²) in [7, 11) is 0. The average Bonchev–Trinajstić information content (AvgIpc) is 2.86. The molecule has 0 aliphatic carbocycles. The lowest BCUT2D eigenvalue weighted by atomic mass is 10.1. The number of nitrogens with zero attached hydrogens (tertiary/aromatic N) is 3. The molecule has 2 unspecified atom stereocenters. The molecule has 3 rings (SSSR count). The second kappa shape index (κ2) is 5.47. The Bertz CT molecular complexity index is 434. The van der Waals surface area contributed by atoms with Crippen LogP contribution < -0.4 is 10.6 Å². The molecule has 0 amide bonds. The third-order valence-corrected chi connectivity index (χ3v) is 4.49. The van der Waals surface area contributed by atoms with Crippen molar-refractivity contribution < 1.29 is 0 Å². The first kappa shape index (κ1) is 12.9. The van der Waals surface area contributed by atoms with Crippen molar-refractivity contribution >= 4 is 5.82 Å². The van der Waals surface area contributed by atoms with Crippen LogP contribution >= 0.6 is 0 Å². The summed E-state index contributed by atoms with van der Waals surface area (Å²) in [5.41, 5.74) is 7.02. The standard InChI is InChI=1S/C15H24N4/c1-12-10-18-9-3-5-14(18)11-19(12)15-13(6-7-16)4-2-8-17-15/h2,4,8,12,14H,3,5-7,9-11,16H2,1H3. The smallest absolute Gasteiger partial charge is 0.132 e. The summed E-state index contributed by atoms with van der Waals surface area (Å²) in [6.45, 7) is 6.58. The zero-order valence-electron chi connectivity index (χ0n) is 11.8. The Morgan fingerprint density at radius 3 is 3.16 bits per heavy atom. The van der Waals surface area contributed by atoms with Gasteiger partial charge in [0.15, 0.2) is 0 Å². The third kappa shape index (κ3) is 2.47. The summed E-state index contributed by atoms with van der Waals surface area (Å²) in [5.74, 6) is 1.16. The highest BCUT2D eigenvalue weighted by atomic mass is 15.3. The van der Waals surface area contributed by atoms with Gasteiger partial charge in [-0.3, -0.25) is 4.90 Å². The van der Waals surface area contributed by atoms with E-state index in [0.717, 1.165) is 24.8 Å². The van der Waals surface area contributed by atoms with Gasteiger partial charge in [0.05, 0.1) is 0 Å². The van der Waals surface area contributed by atoms with Gasteiger partial charge in [0.1, 0.15) is 5.82 Å². The number of hydrogen-bond acceptors (Lipinski definition) is 4. The minimum Gasteiger partial charge on any atom is -0.351 e. The zero-order chi connectivity index (χ0) is 13.2. The van der Waals surface area contributed by atoms with E-state index in [-0.39, 0.29) is 0 Å². The number of piperazine rings is 1. The van der Waals surface area contributed by atoms with E-state index < -0.39 is 0 Å². The highest BCUT2D eigenvalue weighted by Gasteiger charge is 2.35. The molecule has 0 bridgehead atoms. The molecule has 1 aromatic heterocycles. The van der Waals surface area contributed by atoms with Crippen LogP contribution in [0.4, 0.5) is 5.82 Å². The fraction of sp³-hybridized carbons (Fsp3) is 0.667. The SMILES string of the molecule is CC1CN2CCCC2CN1c1ncccc1CCN. The Morgan fingerprint density at radius 1 is 1.42 bits per heavy atom. The van der Waals surface area contributed by atoms with Crippen molar-refractivity contribution in [2.24, 2.45) is 5.73 Å². The first-order chi connectivity index (χ1) is 9.29. The van der Waals surface area contributed by atoms with Crippen molar-refractivity contribution in [1.82, 2.24) is 9.88 Å². The van der Waals surface area contributed by atoms with Crippen LogP contribution in [0.3, 0.4) is 0 Å². The van der Waals surface area contributed by atoms with Gasteiger partial charge in [-0.15, -0.1) is 0 Å². The van der Waals surface area contributed by atoms with Crippen LogP contribution in [0.2, 0.25) is 0 Å². The molecule has 2 saturated heterocycles. The summed E-state index contributed by atoms with van der Waals surface area (Å²) in [6.07, 6.45) is 5.51. The molecule has 104 valence electrons. The van der Waals surface area contributed by atoms with E-state index >= 15 is 0 Å². The van der Waals surface area contributed by atoms with Crippen LogP contribution in [0.25, 0.3) is 0 Å². The van der Waals surface area contributed by atoms with E-state index in [2.05, 4.69) is 27.8 Å². The largest absolute Gasteiger partial charge is 0.351 e. The summed E-state index contributed by atoms with van der Waals surface area (Å²) < 4.78 is 0. The molecule has 0 aromatic carbocycles. The summed E-state index contributed by atoms with van der Waals surface area (Å²) >= 11 is 0. The van der Waals surface area contributed by atoms with Gasteiger partial charge in [0, 0.05) is 31.4 Å². The molecule has 2 aliphatic rings. The van der Waals surface area contributed by atoms with Gasteiger partial charge in [0.2, 0.25) is 0 Å². The maximum Gasteiger partial charge on any atom is 0.132 e. The molecular weight excluding hydrogens is 236 g/mol. The van der Waals surface area contributed by atoms with Crippen LogP contribution in [-0.4, -0.2) is 48.1 Å². The van der Waals surface area contributed by atoms with Crippen LogP contribution in [0, 0.1) is 0 Å². The highest BCUT2D eigenvalue weighted by molar-refractivity contribution is 5.48. The summed E-state index contributed by atoms with van der Waals surface area (Å²) in [4.78, 5) is 9.78. The van der Waals surface area contributed by atoms with E-state index in [1.165, 1.54) is 31.5 Å². The Labute approximate surface area is 115 Å².